The summed E-state index contributed by atoms with van der Waals surface area (Å²) < 4.78 is 1.76. The van der Waals surface area contributed by atoms with E-state index >= 15 is 0 Å². The molecule has 1 aromatic heterocycles. The van der Waals surface area contributed by atoms with Gasteiger partial charge in [0, 0.05) is 50.2 Å². The molecule has 0 unspecified atom stereocenters. The highest BCUT2D eigenvalue weighted by Crippen LogP contribution is 2.36. The second-order valence-corrected chi connectivity index (χ2v) is 10.9. The van der Waals surface area contributed by atoms with Crippen LogP contribution in [-0.4, -0.2) is 63.3 Å². The zero-order chi connectivity index (χ0) is 27.2. The maximum absolute atomic E-state index is 14.0. The molecule has 0 saturated carbocycles. The van der Waals surface area contributed by atoms with Crippen LogP contribution in [-0.2, 0) is 40.2 Å². The Morgan fingerprint density at radius 1 is 1.00 bits per heavy atom. The molecule has 0 radical (unpaired) electrons. The molecule has 204 valence electrons. The molecule has 9 nitrogen and oxygen atoms in total. The Balaban J connectivity index is 1.35. The normalized spacial score (nSPS) is 19.8. The molecular formula is C29H33ClN6O3. The first-order valence-electron chi connectivity index (χ1n) is 13.4. The van der Waals surface area contributed by atoms with E-state index in [1.165, 1.54) is 0 Å². The number of amides is 3. The van der Waals surface area contributed by atoms with Crippen molar-refractivity contribution in [3.05, 3.63) is 82.6 Å². The number of carbonyl (C=O) groups is 3. The second-order valence-electron chi connectivity index (χ2n) is 10.5. The first-order chi connectivity index (χ1) is 18.9. The number of piperidine rings is 1. The van der Waals surface area contributed by atoms with Crippen molar-refractivity contribution in [1.29, 1.82) is 0 Å². The SMILES string of the molecule is O=C1NCCCn2cc(nn2)CC2(CCN(C(=O)Cc3ccc(Cl)cc3)CC2)C(=O)N[C@H]1Cc1ccccc1. The lowest BCUT2D eigenvalue weighted by atomic mass is 9.73. The average Bonchev–Trinajstić information content (AvgIpc) is 3.39. The van der Waals surface area contributed by atoms with E-state index in [1.54, 1.807) is 16.8 Å². The number of hydrogen-bond donors (Lipinski definition) is 2. The lowest BCUT2D eigenvalue weighted by molar-refractivity contribution is -0.141. The lowest BCUT2D eigenvalue weighted by Crippen LogP contribution is -2.56. The summed E-state index contributed by atoms with van der Waals surface area (Å²) in [7, 11) is 0. The first-order valence-corrected chi connectivity index (χ1v) is 13.8. The van der Waals surface area contributed by atoms with Crippen LogP contribution in [0.15, 0.2) is 60.8 Å². The number of fused-ring (bicyclic) bond motifs is 2. The molecule has 3 aromatic rings. The minimum absolute atomic E-state index is 0.0181. The van der Waals surface area contributed by atoms with Crippen molar-refractivity contribution in [2.45, 2.75) is 51.1 Å². The van der Waals surface area contributed by atoms with Gasteiger partial charge in [0.1, 0.15) is 6.04 Å². The highest BCUT2D eigenvalue weighted by molar-refractivity contribution is 6.30. The maximum atomic E-state index is 14.0. The van der Waals surface area contributed by atoms with Crippen LogP contribution in [0.1, 0.15) is 36.1 Å². The molecule has 2 aromatic carbocycles. The van der Waals surface area contributed by atoms with Crippen LogP contribution in [0.2, 0.25) is 5.02 Å². The standard InChI is InChI=1S/C29H33ClN6O3/c30-23-9-7-22(8-10-23)18-26(37)35-15-11-29(12-16-35)19-24-20-36(34-33-24)14-4-13-31-27(38)25(32-28(29)39)17-21-5-2-1-3-6-21/h1-3,5-10,20,25H,4,11-19H2,(H,31,38)(H,32,39)/t25-/m0/s1. The van der Waals surface area contributed by atoms with Crippen LogP contribution in [0.3, 0.4) is 0 Å². The van der Waals surface area contributed by atoms with Crippen molar-refractivity contribution >= 4 is 29.3 Å². The van der Waals surface area contributed by atoms with Crippen molar-refractivity contribution in [1.82, 2.24) is 30.5 Å². The number of aryl methyl sites for hydroxylation is 1. The molecule has 1 saturated heterocycles. The zero-order valence-electron chi connectivity index (χ0n) is 21.8. The largest absolute Gasteiger partial charge is 0.354 e. The molecule has 10 heteroatoms. The van der Waals surface area contributed by atoms with Crippen molar-refractivity contribution in [3.8, 4) is 0 Å². The number of hydrogen-bond acceptors (Lipinski definition) is 5. The van der Waals surface area contributed by atoms with E-state index in [0.717, 1.165) is 16.8 Å². The summed E-state index contributed by atoms with van der Waals surface area (Å²) in [6.45, 7) is 2.00. The molecule has 3 amide bonds. The molecule has 2 aliphatic heterocycles. The van der Waals surface area contributed by atoms with Crippen LogP contribution >= 0.6 is 11.6 Å². The van der Waals surface area contributed by atoms with Gasteiger partial charge in [0.2, 0.25) is 17.7 Å². The summed E-state index contributed by atoms with van der Waals surface area (Å²) in [5.41, 5.74) is 1.81. The lowest BCUT2D eigenvalue weighted by Gasteiger charge is -2.41. The number of benzene rings is 2. The van der Waals surface area contributed by atoms with Crippen molar-refractivity contribution in [2.24, 2.45) is 5.41 Å². The van der Waals surface area contributed by atoms with Gasteiger partial charge in [-0.3, -0.25) is 19.1 Å². The molecule has 1 spiro atoms. The van der Waals surface area contributed by atoms with Gasteiger partial charge in [0.25, 0.3) is 0 Å². The van der Waals surface area contributed by atoms with E-state index in [9.17, 15) is 14.4 Å². The van der Waals surface area contributed by atoms with Crippen LogP contribution in [0, 0.1) is 5.41 Å². The number of halogens is 1. The highest BCUT2D eigenvalue weighted by atomic mass is 35.5. The van der Waals surface area contributed by atoms with Gasteiger partial charge in [-0.25, -0.2) is 0 Å². The number of rotatable bonds is 4. The Hall–Kier alpha value is -3.72. The van der Waals surface area contributed by atoms with Crippen molar-refractivity contribution in [2.75, 3.05) is 19.6 Å². The summed E-state index contributed by atoms with van der Waals surface area (Å²) in [6, 6.07) is 16.3. The summed E-state index contributed by atoms with van der Waals surface area (Å²) in [4.78, 5) is 42.1. The molecule has 1 fully saturated rings. The minimum Gasteiger partial charge on any atom is -0.354 e. The van der Waals surface area contributed by atoms with Gasteiger partial charge in [-0.1, -0.05) is 59.3 Å². The van der Waals surface area contributed by atoms with E-state index in [1.807, 2.05) is 53.6 Å². The summed E-state index contributed by atoms with van der Waals surface area (Å²) in [5, 5.41) is 15.3. The Morgan fingerprint density at radius 3 is 2.49 bits per heavy atom. The Bertz CT molecular complexity index is 1300. The fourth-order valence-corrected chi connectivity index (χ4v) is 5.50. The summed E-state index contributed by atoms with van der Waals surface area (Å²) >= 11 is 5.98. The first kappa shape index (κ1) is 26.9. The molecule has 1 atom stereocenters. The van der Waals surface area contributed by atoms with Crippen LogP contribution in [0.25, 0.3) is 0 Å². The summed E-state index contributed by atoms with van der Waals surface area (Å²) in [6.07, 6.45) is 4.61. The number of nitrogens with zero attached hydrogens (tertiary/aromatic N) is 4. The molecule has 2 N–H and O–H groups in total. The van der Waals surface area contributed by atoms with Crippen LogP contribution < -0.4 is 10.6 Å². The molecule has 2 bridgehead atoms. The van der Waals surface area contributed by atoms with Gasteiger partial charge in [-0.05, 0) is 42.5 Å². The van der Waals surface area contributed by atoms with Crippen LogP contribution in [0.5, 0.6) is 0 Å². The van der Waals surface area contributed by atoms with Crippen molar-refractivity contribution < 1.29 is 14.4 Å². The third-order valence-electron chi connectivity index (χ3n) is 7.70. The van der Waals surface area contributed by atoms with Gasteiger partial charge >= 0.3 is 0 Å². The van der Waals surface area contributed by atoms with E-state index in [2.05, 4.69) is 20.9 Å². The smallest absolute Gasteiger partial charge is 0.242 e. The third-order valence-corrected chi connectivity index (χ3v) is 7.95. The number of likely N-dealkylation sites (tertiary alicyclic amines) is 1. The minimum atomic E-state index is -0.804. The molecular weight excluding hydrogens is 516 g/mol. The van der Waals surface area contributed by atoms with Gasteiger partial charge < -0.3 is 15.5 Å². The number of aromatic nitrogens is 3. The fraction of sp³-hybridized carbons (Fsp3) is 0.414. The number of carbonyl (C=O) groups excluding carboxylic acids is 3. The predicted octanol–water partition coefficient (Wildman–Crippen LogP) is 2.57. The maximum Gasteiger partial charge on any atom is 0.242 e. The van der Waals surface area contributed by atoms with Gasteiger partial charge in [-0.2, -0.15) is 0 Å². The molecule has 2 aliphatic rings. The van der Waals surface area contributed by atoms with Crippen molar-refractivity contribution in [3.63, 3.8) is 0 Å². The quantitative estimate of drug-likeness (QED) is 0.521. The van der Waals surface area contributed by atoms with E-state index in [0.29, 0.717) is 63.3 Å². The van der Waals surface area contributed by atoms with Crippen LogP contribution in [0.4, 0.5) is 0 Å². The summed E-state index contributed by atoms with van der Waals surface area (Å²) in [5.74, 6) is -0.364. The predicted molar refractivity (Wildman–Crippen MR) is 147 cm³/mol. The fourth-order valence-electron chi connectivity index (χ4n) is 5.38. The third kappa shape index (κ3) is 6.65. The Morgan fingerprint density at radius 2 is 1.74 bits per heavy atom. The van der Waals surface area contributed by atoms with Gasteiger partial charge in [-0.15, -0.1) is 5.10 Å². The second kappa shape index (κ2) is 12.0. The van der Waals surface area contributed by atoms with E-state index < -0.39 is 11.5 Å². The van der Waals surface area contributed by atoms with E-state index in [4.69, 9.17) is 11.6 Å². The average molecular weight is 549 g/mol. The molecule has 0 aliphatic carbocycles. The zero-order valence-corrected chi connectivity index (χ0v) is 22.6. The molecule has 5 rings (SSSR count). The van der Waals surface area contributed by atoms with E-state index in [-0.39, 0.29) is 24.1 Å². The Labute approximate surface area is 232 Å². The molecule has 39 heavy (non-hydrogen) atoms. The molecule has 3 heterocycles. The Kier molecular flexibility index (Phi) is 8.26. The monoisotopic (exact) mass is 548 g/mol. The number of nitrogens with one attached hydrogen (secondary N) is 2. The highest BCUT2D eigenvalue weighted by Gasteiger charge is 2.44. The van der Waals surface area contributed by atoms with Gasteiger partial charge in [0.05, 0.1) is 17.5 Å². The van der Waals surface area contributed by atoms with Gasteiger partial charge in [0.15, 0.2) is 0 Å². The topological polar surface area (TPSA) is 109 Å².